The Hall–Kier alpha value is -1.40. The summed E-state index contributed by atoms with van der Waals surface area (Å²) >= 11 is 3.28. The molecule has 6 heteroatoms. The van der Waals surface area contributed by atoms with Crippen molar-refractivity contribution in [1.29, 1.82) is 0 Å². The largest absolute Gasteiger partial charge is 0.481 e. The third kappa shape index (κ3) is 3.54. The van der Waals surface area contributed by atoms with Gasteiger partial charge in [0.25, 0.3) is 0 Å². The number of rotatable bonds is 4. The Morgan fingerprint density at radius 2 is 1.89 bits per heavy atom. The molecule has 0 aliphatic carbocycles. The molecule has 2 rings (SSSR count). The number of methoxy groups -OCH3 is 1. The molecule has 1 heterocycles. The maximum Gasteiger partial charge on any atom is 0.213 e. The lowest BCUT2D eigenvalue weighted by Gasteiger charge is -2.06. The first kappa shape index (κ1) is 14.0. The van der Waals surface area contributed by atoms with E-state index in [0.29, 0.717) is 16.3 Å². The second kappa shape index (κ2) is 5.71. The van der Waals surface area contributed by atoms with Crippen LogP contribution in [0.4, 0.5) is 0 Å². The first-order valence-electron chi connectivity index (χ1n) is 5.48. The van der Waals surface area contributed by atoms with Crippen LogP contribution in [0, 0.1) is 0 Å². The molecular weight excluding hydrogens is 330 g/mol. The number of hydrogen-bond acceptors (Lipinski definition) is 4. The lowest BCUT2D eigenvalue weighted by molar-refractivity contribution is 0.397. The highest BCUT2D eigenvalue weighted by molar-refractivity contribution is 9.10. The van der Waals surface area contributed by atoms with E-state index in [4.69, 9.17) is 4.74 Å². The summed E-state index contributed by atoms with van der Waals surface area (Å²) in [6.45, 7) is 0. The van der Waals surface area contributed by atoms with E-state index >= 15 is 0 Å². The van der Waals surface area contributed by atoms with Crippen LogP contribution in [-0.2, 0) is 15.6 Å². The number of benzene rings is 1. The van der Waals surface area contributed by atoms with Crippen molar-refractivity contribution in [2.75, 3.05) is 7.11 Å². The van der Waals surface area contributed by atoms with Gasteiger partial charge in [-0.3, -0.25) is 0 Å². The second-order valence-corrected chi connectivity index (χ2v) is 6.82. The minimum absolute atomic E-state index is 0.0759. The number of pyridine rings is 1. The fraction of sp³-hybridized carbons (Fsp3) is 0.154. The van der Waals surface area contributed by atoms with Crippen molar-refractivity contribution in [2.24, 2.45) is 0 Å². The molecule has 0 amide bonds. The van der Waals surface area contributed by atoms with E-state index in [-0.39, 0.29) is 5.75 Å². The Bertz CT molecular complexity index is 669. The predicted molar refractivity (Wildman–Crippen MR) is 75.8 cm³/mol. The number of sulfone groups is 1. The molecule has 0 unspecified atom stereocenters. The van der Waals surface area contributed by atoms with Crippen LogP contribution in [-0.4, -0.2) is 20.5 Å². The van der Waals surface area contributed by atoms with Crippen molar-refractivity contribution in [3.63, 3.8) is 0 Å². The molecule has 0 aliphatic rings. The van der Waals surface area contributed by atoms with Gasteiger partial charge < -0.3 is 4.74 Å². The molecule has 0 saturated heterocycles. The monoisotopic (exact) mass is 341 g/mol. The van der Waals surface area contributed by atoms with Gasteiger partial charge in [-0.25, -0.2) is 13.4 Å². The van der Waals surface area contributed by atoms with E-state index in [0.717, 1.165) is 4.47 Å². The summed E-state index contributed by atoms with van der Waals surface area (Å²) in [5, 5.41) is 0. The zero-order valence-corrected chi connectivity index (χ0v) is 12.6. The summed E-state index contributed by atoms with van der Waals surface area (Å²) < 4.78 is 30.3. The zero-order chi connectivity index (χ0) is 13.9. The first-order chi connectivity index (χ1) is 9.01. The summed E-state index contributed by atoms with van der Waals surface area (Å²) in [6.07, 6.45) is 1.53. The summed E-state index contributed by atoms with van der Waals surface area (Å²) in [5.74, 6) is 0.330. The number of hydrogen-bond donors (Lipinski definition) is 0. The molecule has 0 bridgehead atoms. The van der Waals surface area contributed by atoms with E-state index in [1.165, 1.54) is 13.3 Å². The maximum atomic E-state index is 12.2. The zero-order valence-electron chi connectivity index (χ0n) is 10.2. The fourth-order valence-electron chi connectivity index (χ4n) is 1.60. The summed E-state index contributed by atoms with van der Waals surface area (Å²) in [4.78, 5) is 4.25. The molecule has 0 saturated carbocycles. The van der Waals surface area contributed by atoms with Crippen molar-refractivity contribution in [3.05, 3.63) is 52.6 Å². The average molecular weight is 342 g/mol. The smallest absolute Gasteiger partial charge is 0.213 e. The van der Waals surface area contributed by atoms with Gasteiger partial charge in [-0.15, -0.1) is 0 Å². The van der Waals surface area contributed by atoms with Crippen molar-refractivity contribution in [1.82, 2.24) is 4.98 Å². The highest BCUT2D eigenvalue weighted by Gasteiger charge is 2.15. The third-order valence-electron chi connectivity index (χ3n) is 2.54. The van der Waals surface area contributed by atoms with Gasteiger partial charge in [-0.2, -0.15) is 0 Å². The molecule has 100 valence electrons. The van der Waals surface area contributed by atoms with Gasteiger partial charge in [0.05, 0.1) is 17.8 Å². The van der Waals surface area contributed by atoms with Gasteiger partial charge in [0.2, 0.25) is 5.88 Å². The molecule has 0 radical (unpaired) electrons. The molecule has 1 aromatic heterocycles. The van der Waals surface area contributed by atoms with Gasteiger partial charge in [-0.1, -0.05) is 15.9 Å². The number of aromatic nitrogens is 1. The van der Waals surface area contributed by atoms with E-state index < -0.39 is 9.84 Å². The standard InChI is InChI=1S/C13H12BrNO3S/c1-18-13-8-10(6-7-15-13)9-19(16,17)12-4-2-11(14)3-5-12/h2-8H,9H2,1H3. The molecular formula is C13H12BrNO3S. The minimum atomic E-state index is -3.36. The quantitative estimate of drug-likeness (QED) is 0.857. The number of halogens is 1. The normalized spacial score (nSPS) is 11.3. The SMILES string of the molecule is COc1cc(CS(=O)(=O)c2ccc(Br)cc2)ccn1. The molecule has 0 N–H and O–H groups in total. The molecule has 0 aliphatic heterocycles. The Kier molecular flexibility index (Phi) is 4.21. The Balaban J connectivity index is 2.28. The highest BCUT2D eigenvalue weighted by Crippen LogP contribution is 2.20. The molecule has 19 heavy (non-hydrogen) atoms. The molecule has 0 spiro atoms. The fourth-order valence-corrected chi connectivity index (χ4v) is 3.20. The molecule has 4 nitrogen and oxygen atoms in total. The van der Waals surface area contributed by atoms with Crippen LogP contribution in [0.3, 0.4) is 0 Å². The topological polar surface area (TPSA) is 56.3 Å². The maximum absolute atomic E-state index is 12.2. The van der Waals surface area contributed by atoms with Gasteiger partial charge in [0.1, 0.15) is 0 Å². The van der Waals surface area contributed by atoms with Crippen molar-refractivity contribution < 1.29 is 13.2 Å². The van der Waals surface area contributed by atoms with Gasteiger partial charge >= 0.3 is 0 Å². The van der Waals surface area contributed by atoms with E-state index in [1.807, 2.05) is 0 Å². The predicted octanol–water partition coefficient (Wildman–Crippen LogP) is 2.83. The first-order valence-corrected chi connectivity index (χ1v) is 7.93. The van der Waals surface area contributed by atoms with E-state index in [2.05, 4.69) is 20.9 Å². The molecule has 0 atom stereocenters. The van der Waals surface area contributed by atoms with Gasteiger partial charge in [-0.05, 0) is 35.9 Å². The highest BCUT2D eigenvalue weighted by atomic mass is 79.9. The van der Waals surface area contributed by atoms with Crippen molar-refractivity contribution >= 4 is 25.8 Å². The summed E-state index contributed by atoms with van der Waals surface area (Å²) in [7, 11) is -1.86. The van der Waals surface area contributed by atoms with Gasteiger partial charge in [0.15, 0.2) is 9.84 Å². The summed E-state index contributed by atoms with van der Waals surface area (Å²) in [5.41, 5.74) is 0.648. The molecule has 2 aromatic rings. The molecule has 0 fully saturated rings. The van der Waals surface area contributed by atoms with Crippen LogP contribution < -0.4 is 4.74 Å². The minimum Gasteiger partial charge on any atom is -0.481 e. The average Bonchev–Trinajstić information content (AvgIpc) is 2.39. The van der Waals surface area contributed by atoms with Crippen LogP contribution in [0.1, 0.15) is 5.56 Å². The Labute approximate surface area is 120 Å². The van der Waals surface area contributed by atoms with Crippen LogP contribution in [0.15, 0.2) is 52.0 Å². The van der Waals surface area contributed by atoms with E-state index in [9.17, 15) is 8.42 Å². The van der Waals surface area contributed by atoms with Crippen LogP contribution >= 0.6 is 15.9 Å². The van der Waals surface area contributed by atoms with E-state index in [1.54, 1.807) is 36.4 Å². The number of nitrogens with zero attached hydrogens (tertiary/aromatic N) is 1. The lowest BCUT2D eigenvalue weighted by Crippen LogP contribution is -2.05. The van der Waals surface area contributed by atoms with Crippen molar-refractivity contribution in [3.8, 4) is 5.88 Å². The lowest BCUT2D eigenvalue weighted by atomic mass is 10.3. The number of ether oxygens (including phenoxy) is 1. The third-order valence-corrected chi connectivity index (χ3v) is 4.77. The Morgan fingerprint density at radius 3 is 2.53 bits per heavy atom. The molecule has 1 aromatic carbocycles. The van der Waals surface area contributed by atoms with Crippen LogP contribution in [0.5, 0.6) is 5.88 Å². The summed E-state index contributed by atoms with van der Waals surface area (Å²) in [6, 6.07) is 9.87. The van der Waals surface area contributed by atoms with Crippen LogP contribution in [0.2, 0.25) is 0 Å². The van der Waals surface area contributed by atoms with Crippen molar-refractivity contribution in [2.45, 2.75) is 10.6 Å². The second-order valence-electron chi connectivity index (χ2n) is 3.92. The van der Waals surface area contributed by atoms with Crippen LogP contribution in [0.25, 0.3) is 0 Å². The Morgan fingerprint density at radius 1 is 1.21 bits per heavy atom. The van der Waals surface area contributed by atoms with Gasteiger partial charge in [0, 0.05) is 16.7 Å².